The highest BCUT2D eigenvalue weighted by Crippen LogP contribution is 2.25. The van der Waals surface area contributed by atoms with Crippen molar-refractivity contribution < 1.29 is 9.53 Å². The molecule has 0 aromatic heterocycles. The van der Waals surface area contributed by atoms with Gasteiger partial charge in [0.15, 0.2) is 0 Å². The molecule has 0 saturated heterocycles. The zero-order valence-electron chi connectivity index (χ0n) is 11.2. The summed E-state index contributed by atoms with van der Waals surface area (Å²) in [5, 5.41) is 3.29. The van der Waals surface area contributed by atoms with Gasteiger partial charge < -0.3 is 10.1 Å². The minimum atomic E-state index is -0.261. The highest BCUT2D eigenvalue weighted by Gasteiger charge is 2.19. The normalized spacial score (nSPS) is 11.9. The molecular weight excluding hydrogens is 246 g/mol. The number of benzene rings is 1. The number of thioether (sulfide) groups is 1. The number of nitrogens with one attached hydrogen (secondary N) is 1. The summed E-state index contributed by atoms with van der Waals surface area (Å²) < 4.78 is 5.09. The molecule has 0 heterocycles. The minimum absolute atomic E-state index is 0.171. The molecule has 1 aromatic carbocycles. The number of ether oxygens (including phenoxy) is 1. The molecule has 0 fully saturated rings. The van der Waals surface area contributed by atoms with Crippen molar-refractivity contribution in [3.05, 3.63) is 24.3 Å². The van der Waals surface area contributed by atoms with E-state index in [-0.39, 0.29) is 12.0 Å². The van der Waals surface area contributed by atoms with E-state index in [1.165, 1.54) is 0 Å². The maximum absolute atomic E-state index is 11.8. The predicted molar refractivity (Wildman–Crippen MR) is 77.2 cm³/mol. The molecule has 100 valence electrons. The van der Waals surface area contributed by atoms with E-state index in [4.69, 9.17) is 4.74 Å². The van der Waals surface area contributed by atoms with E-state index in [1.807, 2.05) is 37.4 Å². The third kappa shape index (κ3) is 4.26. The second kappa shape index (κ2) is 8.03. The first-order chi connectivity index (χ1) is 8.72. The number of para-hydroxylation sites is 1. The molecule has 0 amide bonds. The quantitative estimate of drug-likeness (QED) is 0.605. The number of hydrogen-bond acceptors (Lipinski definition) is 4. The Bertz CT molecular complexity index is 382. The summed E-state index contributed by atoms with van der Waals surface area (Å²) in [6, 6.07) is 7.74. The monoisotopic (exact) mass is 267 g/mol. The molecular formula is C14H21NO2S. The highest BCUT2D eigenvalue weighted by atomic mass is 32.2. The largest absolute Gasteiger partial charge is 0.464 e. The Morgan fingerprint density at radius 2 is 2.11 bits per heavy atom. The molecule has 0 aliphatic heterocycles. The van der Waals surface area contributed by atoms with Gasteiger partial charge in [-0.3, -0.25) is 0 Å². The van der Waals surface area contributed by atoms with Gasteiger partial charge in [0.2, 0.25) is 0 Å². The minimum Gasteiger partial charge on any atom is -0.464 e. The molecule has 1 atom stereocenters. The lowest BCUT2D eigenvalue weighted by molar-refractivity contribution is -0.144. The summed E-state index contributed by atoms with van der Waals surface area (Å²) in [7, 11) is 0. The van der Waals surface area contributed by atoms with Crippen LogP contribution in [0.5, 0.6) is 0 Å². The summed E-state index contributed by atoms with van der Waals surface area (Å²) in [5.41, 5.74) is 0.997. The van der Waals surface area contributed by atoms with Gasteiger partial charge in [-0.05, 0) is 31.7 Å². The Morgan fingerprint density at radius 1 is 1.39 bits per heavy atom. The fourth-order valence-corrected chi connectivity index (χ4v) is 2.29. The number of hydrogen-bond donors (Lipinski definition) is 1. The van der Waals surface area contributed by atoms with Crippen LogP contribution in [0.1, 0.15) is 26.7 Å². The van der Waals surface area contributed by atoms with E-state index in [2.05, 4.69) is 12.2 Å². The van der Waals surface area contributed by atoms with E-state index < -0.39 is 0 Å². The SMILES string of the molecule is CCCC(Nc1ccccc1SC)C(=O)OCC. The van der Waals surface area contributed by atoms with Crippen LogP contribution in [0.2, 0.25) is 0 Å². The van der Waals surface area contributed by atoms with Crippen LogP contribution >= 0.6 is 11.8 Å². The molecule has 0 aliphatic rings. The Morgan fingerprint density at radius 3 is 2.72 bits per heavy atom. The zero-order valence-corrected chi connectivity index (χ0v) is 12.0. The smallest absolute Gasteiger partial charge is 0.328 e. The average Bonchev–Trinajstić information content (AvgIpc) is 2.39. The van der Waals surface area contributed by atoms with Crippen LogP contribution in [-0.2, 0) is 9.53 Å². The van der Waals surface area contributed by atoms with Crippen LogP contribution in [0, 0.1) is 0 Å². The van der Waals surface area contributed by atoms with E-state index in [0.717, 1.165) is 23.4 Å². The van der Waals surface area contributed by atoms with Crippen LogP contribution in [0.4, 0.5) is 5.69 Å². The molecule has 1 N–H and O–H groups in total. The molecule has 3 nitrogen and oxygen atoms in total. The van der Waals surface area contributed by atoms with E-state index in [1.54, 1.807) is 11.8 Å². The lowest BCUT2D eigenvalue weighted by atomic mass is 10.1. The summed E-state index contributed by atoms with van der Waals surface area (Å²) in [5.74, 6) is -0.171. The maximum Gasteiger partial charge on any atom is 0.328 e. The van der Waals surface area contributed by atoms with Gasteiger partial charge >= 0.3 is 5.97 Å². The molecule has 4 heteroatoms. The van der Waals surface area contributed by atoms with Crippen molar-refractivity contribution in [1.82, 2.24) is 0 Å². The van der Waals surface area contributed by atoms with Gasteiger partial charge in [-0.1, -0.05) is 25.5 Å². The Labute approximate surface area is 113 Å². The van der Waals surface area contributed by atoms with Crippen molar-refractivity contribution in [1.29, 1.82) is 0 Å². The Kier molecular flexibility index (Phi) is 6.65. The van der Waals surface area contributed by atoms with Crippen molar-refractivity contribution in [2.24, 2.45) is 0 Å². The molecule has 0 radical (unpaired) electrons. The van der Waals surface area contributed by atoms with Crippen LogP contribution in [-0.4, -0.2) is 24.9 Å². The molecule has 18 heavy (non-hydrogen) atoms. The van der Waals surface area contributed by atoms with Gasteiger partial charge in [0.25, 0.3) is 0 Å². The fourth-order valence-electron chi connectivity index (χ4n) is 1.73. The summed E-state index contributed by atoms with van der Waals surface area (Å²) in [4.78, 5) is 13.0. The standard InChI is InChI=1S/C14H21NO2S/c1-4-8-12(14(16)17-5-2)15-11-9-6-7-10-13(11)18-3/h6-7,9-10,12,15H,4-5,8H2,1-3H3. The van der Waals surface area contributed by atoms with Crippen LogP contribution in [0.3, 0.4) is 0 Å². The van der Waals surface area contributed by atoms with Gasteiger partial charge in [0, 0.05) is 10.6 Å². The lowest BCUT2D eigenvalue weighted by Crippen LogP contribution is -2.31. The second-order valence-corrected chi connectivity index (χ2v) is 4.79. The lowest BCUT2D eigenvalue weighted by Gasteiger charge is -2.19. The van der Waals surface area contributed by atoms with Gasteiger partial charge in [-0.2, -0.15) is 0 Å². The average molecular weight is 267 g/mol. The number of rotatable bonds is 7. The molecule has 0 bridgehead atoms. The fraction of sp³-hybridized carbons (Fsp3) is 0.500. The molecule has 0 aliphatic carbocycles. The van der Waals surface area contributed by atoms with E-state index >= 15 is 0 Å². The van der Waals surface area contributed by atoms with Crippen LogP contribution in [0.25, 0.3) is 0 Å². The van der Waals surface area contributed by atoms with Gasteiger partial charge in [0.05, 0.1) is 6.61 Å². The number of anilines is 1. The van der Waals surface area contributed by atoms with Crippen molar-refractivity contribution >= 4 is 23.4 Å². The van der Waals surface area contributed by atoms with Crippen LogP contribution < -0.4 is 5.32 Å². The summed E-state index contributed by atoms with van der Waals surface area (Å²) in [6.45, 7) is 4.32. The van der Waals surface area contributed by atoms with Gasteiger partial charge in [-0.25, -0.2) is 4.79 Å². The second-order valence-electron chi connectivity index (χ2n) is 3.94. The van der Waals surface area contributed by atoms with E-state index in [0.29, 0.717) is 6.61 Å². The molecule has 1 unspecified atom stereocenters. The molecule has 0 spiro atoms. The van der Waals surface area contributed by atoms with Crippen molar-refractivity contribution in [2.45, 2.75) is 37.6 Å². The molecule has 1 aromatic rings. The first-order valence-corrected chi connectivity index (χ1v) is 7.51. The first kappa shape index (κ1) is 14.9. The number of carbonyl (C=O) groups excluding carboxylic acids is 1. The summed E-state index contributed by atoms with van der Waals surface area (Å²) in [6.07, 6.45) is 3.75. The van der Waals surface area contributed by atoms with Crippen molar-refractivity contribution in [3.63, 3.8) is 0 Å². The van der Waals surface area contributed by atoms with Crippen molar-refractivity contribution in [3.8, 4) is 0 Å². The summed E-state index contributed by atoms with van der Waals surface area (Å²) >= 11 is 1.67. The Balaban J connectivity index is 2.79. The highest BCUT2D eigenvalue weighted by molar-refractivity contribution is 7.98. The zero-order chi connectivity index (χ0) is 13.4. The number of esters is 1. The van der Waals surface area contributed by atoms with Crippen LogP contribution in [0.15, 0.2) is 29.2 Å². The van der Waals surface area contributed by atoms with Gasteiger partial charge in [-0.15, -0.1) is 11.8 Å². The number of carbonyl (C=O) groups is 1. The molecule has 1 rings (SSSR count). The predicted octanol–water partition coefficient (Wildman–Crippen LogP) is 3.55. The Hall–Kier alpha value is -1.16. The first-order valence-electron chi connectivity index (χ1n) is 6.29. The third-order valence-corrected chi connectivity index (χ3v) is 3.38. The van der Waals surface area contributed by atoms with E-state index in [9.17, 15) is 4.79 Å². The van der Waals surface area contributed by atoms with Gasteiger partial charge in [0.1, 0.15) is 6.04 Å². The van der Waals surface area contributed by atoms with Crippen molar-refractivity contribution in [2.75, 3.05) is 18.2 Å². The maximum atomic E-state index is 11.8. The molecule has 0 saturated carbocycles. The topological polar surface area (TPSA) is 38.3 Å². The third-order valence-electron chi connectivity index (χ3n) is 2.59.